The topological polar surface area (TPSA) is 74.0 Å². The highest BCUT2D eigenvalue weighted by molar-refractivity contribution is 5.87. The van der Waals surface area contributed by atoms with Crippen molar-refractivity contribution in [1.82, 2.24) is 24.6 Å². The fourth-order valence-electron chi connectivity index (χ4n) is 3.60. The Kier molecular flexibility index (Phi) is 4.40. The summed E-state index contributed by atoms with van der Waals surface area (Å²) in [5, 5.41) is 7.40. The molecule has 0 saturated carbocycles. The summed E-state index contributed by atoms with van der Waals surface area (Å²) in [6, 6.07) is 4.12. The Labute approximate surface area is 164 Å². The number of fused-ring (bicyclic) bond motifs is 1. The number of carbonyl (C=O) groups excluding carboxylic acids is 1. The van der Waals surface area contributed by atoms with Crippen molar-refractivity contribution in [3.05, 3.63) is 30.9 Å². The first kappa shape index (κ1) is 18.5. The molecule has 4 rings (SSSR count). The molecule has 148 valence electrons. The number of hydrogen-bond donors (Lipinski definition) is 1. The van der Waals surface area contributed by atoms with E-state index in [0.717, 1.165) is 27.9 Å². The zero-order valence-corrected chi connectivity index (χ0v) is 17.1. The Morgan fingerprint density at radius 2 is 2.07 bits per heavy atom. The molecule has 0 bridgehead atoms. The van der Waals surface area contributed by atoms with Crippen LogP contribution in [0.25, 0.3) is 22.2 Å². The Morgan fingerprint density at radius 1 is 1.29 bits per heavy atom. The zero-order chi connectivity index (χ0) is 20.1. The van der Waals surface area contributed by atoms with Gasteiger partial charge in [-0.3, -0.25) is 9.48 Å². The number of benzene rings is 1. The first-order chi connectivity index (χ1) is 13.2. The minimum absolute atomic E-state index is 0.0791. The third kappa shape index (κ3) is 3.37. The van der Waals surface area contributed by atoms with Crippen molar-refractivity contribution in [2.24, 2.45) is 13.0 Å². The van der Waals surface area contributed by atoms with E-state index in [9.17, 15) is 4.79 Å². The molecule has 0 spiro atoms. The van der Waals surface area contributed by atoms with E-state index in [1.807, 2.05) is 29.4 Å². The minimum Gasteiger partial charge on any atom is -0.488 e. The molecule has 3 heterocycles. The second-order valence-corrected chi connectivity index (χ2v) is 8.63. The van der Waals surface area contributed by atoms with Crippen LogP contribution in [0.15, 0.2) is 30.9 Å². The van der Waals surface area contributed by atoms with Gasteiger partial charge >= 0.3 is 0 Å². The maximum Gasteiger partial charge on any atom is 0.220 e. The van der Waals surface area contributed by atoms with E-state index in [4.69, 9.17) is 4.74 Å². The predicted molar refractivity (Wildman–Crippen MR) is 108 cm³/mol. The molecule has 1 aliphatic heterocycles. The van der Waals surface area contributed by atoms with Crippen LogP contribution in [-0.4, -0.2) is 37.9 Å². The third-order valence-electron chi connectivity index (χ3n) is 5.37. The first-order valence-corrected chi connectivity index (χ1v) is 9.66. The highest BCUT2D eigenvalue weighted by atomic mass is 16.5. The number of imidazole rings is 1. The van der Waals surface area contributed by atoms with Gasteiger partial charge in [-0.1, -0.05) is 0 Å². The average Bonchev–Trinajstić information content (AvgIpc) is 3.34. The number of aromatic nitrogens is 4. The molecular weight excluding hydrogens is 354 g/mol. The van der Waals surface area contributed by atoms with Gasteiger partial charge in [0.15, 0.2) is 0 Å². The molecule has 2 aromatic heterocycles. The SMILES string of the molecule is C[C@@H](Oc1cc(-c2cnn(C(C)(C)C)c2)cc2ncn(C)c12)C1CNC(=O)C1. The normalized spacial score (nSPS) is 18.5. The molecule has 1 unspecified atom stereocenters. The number of carbonyl (C=O) groups is 1. The molecule has 1 amide bonds. The van der Waals surface area contributed by atoms with Crippen molar-refractivity contribution >= 4 is 16.9 Å². The molecule has 0 radical (unpaired) electrons. The van der Waals surface area contributed by atoms with Crippen LogP contribution in [0.4, 0.5) is 0 Å². The van der Waals surface area contributed by atoms with Crippen molar-refractivity contribution in [3.63, 3.8) is 0 Å². The zero-order valence-electron chi connectivity index (χ0n) is 17.1. The number of hydrogen-bond acceptors (Lipinski definition) is 4. The molecule has 0 aliphatic carbocycles. The highest BCUT2D eigenvalue weighted by Crippen LogP contribution is 2.34. The van der Waals surface area contributed by atoms with Crippen molar-refractivity contribution in [3.8, 4) is 16.9 Å². The lowest BCUT2D eigenvalue weighted by Crippen LogP contribution is -2.25. The fourth-order valence-corrected chi connectivity index (χ4v) is 3.60. The van der Waals surface area contributed by atoms with Gasteiger partial charge in [0.2, 0.25) is 5.91 Å². The largest absolute Gasteiger partial charge is 0.488 e. The molecule has 1 aliphatic rings. The summed E-state index contributed by atoms with van der Waals surface area (Å²) >= 11 is 0. The van der Waals surface area contributed by atoms with Crippen LogP contribution in [0.3, 0.4) is 0 Å². The summed E-state index contributed by atoms with van der Waals surface area (Å²) in [4.78, 5) is 16.1. The van der Waals surface area contributed by atoms with Crippen LogP contribution in [-0.2, 0) is 17.4 Å². The molecule has 7 nitrogen and oxygen atoms in total. The standard InChI is InChI=1S/C21H27N5O2/c1-13(15-8-19(27)22-9-15)28-18-7-14(6-17-20(18)25(5)12-23-17)16-10-24-26(11-16)21(2,3)4/h6-7,10-13,15H,8-9H2,1-5H3,(H,22,27)/t13-,15?/m1/s1. The molecule has 1 N–H and O–H groups in total. The van der Waals surface area contributed by atoms with Crippen molar-refractivity contribution in [2.45, 2.75) is 45.8 Å². The predicted octanol–water partition coefficient (Wildman–Crippen LogP) is 3.10. The van der Waals surface area contributed by atoms with Gasteiger partial charge in [0, 0.05) is 37.7 Å². The Balaban J connectivity index is 1.72. The van der Waals surface area contributed by atoms with Gasteiger partial charge in [-0.15, -0.1) is 0 Å². The van der Waals surface area contributed by atoms with Gasteiger partial charge in [-0.2, -0.15) is 5.10 Å². The summed E-state index contributed by atoms with van der Waals surface area (Å²) < 4.78 is 10.3. The maximum absolute atomic E-state index is 11.6. The van der Waals surface area contributed by atoms with E-state index in [0.29, 0.717) is 13.0 Å². The van der Waals surface area contributed by atoms with Crippen LogP contribution in [0.5, 0.6) is 5.75 Å². The minimum atomic E-state index is -0.0802. The number of amides is 1. The average molecular weight is 381 g/mol. The van der Waals surface area contributed by atoms with Crippen molar-refractivity contribution in [2.75, 3.05) is 6.54 Å². The van der Waals surface area contributed by atoms with Gasteiger partial charge < -0.3 is 14.6 Å². The van der Waals surface area contributed by atoms with Gasteiger partial charge in [0.05, 0.1) is 23.6 Å². The highest BCUT2D eigenvalue weighted by Gasteiger charge is 2.28. The molecule has 7 heteroatoms. The van der Waals surface area contributed by atoms with Crippen LogP contribution >= 0.6 is 0 Å². The van der Waals surface area contributed by atoms with Crippen molar-refractivity contribution < 1.29 is 9.53 Å². The van der Waals surface area contributed by atoms with E-state index in [2.05, 4.69) is 54.5 Å². The van der Waals surface area contributed by atoms with Crippen molar-refractivity contribution in [1.29, 1.82) is 0 Å². The lowest BCUT2D eigenvalue weighted by atomic mass is 10.0. The molecule has 1 fully saturated rings. The summed E-state index contributed by atoms with van der Waals surface area (Å²) in [5.74, 6) is 1.04. The maximum atomic E-state index is 11.6. The Hall–Kier alpha value is -2.83. The second-order valence-electron chi connectivity index (χ2n) is 8.63. The smallest absolute Gasteiger partial charge is 0.220 e. The molecule has 28 heavy (non-hydrogen) atoms. The fraction of sp³-hybridized carbons (Fsp3) is 0.476. The summed E-state index contributed by atoms with van der Waals surface area (Å²) in [6.45, 7) is 9.06. The number of rotatable bonds is 4. The molecular formula is C21H27N5O2. The number of nitrogens with zero attached hydrogens (tertiary/aromatic N) is 4. The molecule has 1 aromatic carbocycles. The van der Waals surface area contributed by atoms with E-state index in [1.165, 1.54) is 0 Å². The van der Waals surface area contributed by atoms with E-state index < -0.39 is 0 Å². The summed E-state index contributed by atoms with van der Waals surface area (Å²) in [6.07, 6.45) is 6.15. The third-order valence-corrected chi connectivity index (χ3v) is 5.37. The Bertz CT molecular complexity index is 1030. The van der Waals surface area contributed by atoms with Gasteiger partial charge in [0.25, 0.3) is 0 Å². The van der Waals surface area contributed by atoms with E-state index in [-0.39, 0.29) is 23.5 Å². The second kappa shape index (κ2) is 6.65. The summed E-state index contributed by atoms with van der Waals surface area (Å²) in [5.41, 5.74) is 3.80. The van der Waals surface area contributed by atoms with E-state index in [1.54, 1.807) is 6.33 Å². The quantitative estimate of drug-likeness (QED) is 0.754. The molecule has 2 atom stereocenters. The van der Waals surface area contributed by atoms with Gasteiger partial charge in [-0.05, 0) is 45.4 Å². The van der Waals surface area contributed by atoms with Crippen LogP contribution in [0, 0.1) is 5.92 Å². The monoisotopic (exact) mass is 381 g/mol. The first-order valence-electron chi connectivity index (χ1n) is 9.66. The van der Waals surface area contributed by atoms with E-state index >= 15 is 0 Å². The van der Waals surface area contributed by atoms with Crippen LogP contribution < -0.4 is 10.1 Å². The van der Waals surface area contributed by atoms with Gasteiger partial charge in [-0.25, -0.2) is 4.98 Å². The van der Waals surface area contributed by atoms with Crippen LogP contribution in [0.1, 0.15) is 34.1 Å². The molecule has 1 saturated heterocycles. The van der Waals surface area contributed by atoms with Crippen LogP contribution in [0.2, 0.25) is 0 Å². The summed E-state index contributed by atoms with van der Waals surface area (Å²) in [7, 11) is 1.96. The Morgan fingerprint density at radius 3 is 2.71 bits per heavy atom. The number of aryl methyl sites for hydroxylation is 1. The lowest BCUT2D eigenvalue weighted by molar-refractivity contribution is -0.119. The number of ether oxygens (including phenoxy) is 1. The van der Waals surface area contributed by atoms with Gasteiger partial charge in [0.1, 0.15) is 17.4 Å². The molecule has 3 aromatic rings. The lowest BCUT2D eigenvalue weighted by Gasteiger charge is -2.21. The number of nitrogens with one attached hydrogen (secondary N) is 1.